The zero-order valence-corrected chi connectivity index (χ0v) is 9.37. The molecule has 0 unspecified atom stereocenters. The number of carbonyl (C=O) groups is 1. The Kier molecular flexibility index (Phi) is 3.45. The molecule has 0 amide bonds. The number of rotatable bonds is 3. The lowest BCUT2D eigenvalue weighted by atomic mass is 9.89. The summed E-state index contributed by atoms with van der Waals surface area (Å²) in [6.07, 6.45) is 3.13. The topological polar surface area (TPSA) is 26.3 Å². The van der Waals surface area contributed by atoms with Gasteiger partial charge in [0.2, 0.25) is 0 Å². The van der Waals surface area contributed by atoms with E-state index in [1.807, 2.05) is 0 Å². The minimum Gasteiger partial charge on any atom is -0.453 e. The van der Waals surface area contributed by atoms with Crippen LogP contribution in [0.2, 0.25) is 0 Å². The van der Waals surface area contributed by atoms with Crippen molar-refractivity contribution < 1.29 is 22.7 Å². The number of hydrogen-bond donors (Lipinski definition) is 0. The summed E-state index contributed by atoms with van der Waals surface area (Å²) in [6, 6.07) is 0. The van der Waals surface area contributed by atoms with Crippen LogP contribution in [0.15, 0.2) is 12.2 Å². The Morgan fingerprint density at radius 1 is 1.29 bits per heavy atom. The monoisotopic (exact) mass is 248 g/mol. The van der Waals surface area contributed by atoms with E-state index >= 15 is 0 Å². The molecule has 0 spiro atoms. The fourth-order valence-corrected chi connectivity index (χ4v) is 2.93. The fourth-order valence-electron chi connectivity index (χ4n) is 2.93. The van der Waals surface area contributed by atoms with Crippen molar-refractivity contribution in [1.82, 2.24) is 0 Å². The normalized spacial score (nSPS) is 32.3. The van der Waals surface area contributed by atoms with Gasteiger partial charge >= 0.3 is 12.1 Å². The Bertz CT molecular complexity index is 322. The van der Waals surface area contributed by atoms with Crippen LogP contribution in [0, 0.1) is 17.8 Å². The van der Waals surface area contributed by atoms with Gasteiger partial charge in [-0.25, -0.2) is 4.79 Å². The maximum Gasteiger partial charge on any atom is 0.422 e. The first-order valence-electron chi connectivity index (χ1n) is 5.86. The van der Waals surface area contributed by atoms with Crippen LogP contribution in [0.4, 0.5) is 13.2 Å². The van der Waals surface area contributed by atoms with Crippen molar-refractivity contribution in [3.05, 3.63) is 12.2 Å². The quantitative estimate of drug-likeness (QED) is 0.566. The van der Waals surface area contributed by atoms with E-state index in [0.717, 1.165) is 18.4 Å². The van der Waals surface area contributed by atoms with Crippen LogP contribution in [0.1, 0.15) is 25.7 Å². The molecular weight excluding hydrogens is 233 g/mol. The van der Waals surface area contributed by atoms with Crippen LogP contribution >= 0.6 is 0 Å². The summed E-state index contributed by atoms with van der Waals surface area (Å²) in [4.78, 5) is 11.0. The molecule has 2 nitrogen and oxygen atoms in total. The second-order valence-electron chi connectivity index (χ2n) is 4.92. The molecule has 2 fully saturated rings. The van der Waals surface area contributed by atoms with Crippen molar-refractivity contribution in [1.29, 1.82) is 0 Å². The number of allylic oxidation sites excluding steroid dienone is 1. The smallest absolute Gasteiger partial charge is 0.422 e. The number of alkyl halides is 3. The van der Waals surface area contributed by atoms with Crippen LogP contribution in [-0.4, -0.2) is 18.8 Å². The molecule has 0 aromatic heterocycles. The molecule has 2 aliphatic carbocycles. The molecule has 2 rings (SSSR count). The molecule has 0 N–H and O–H groups in total. The molecule has 17 heavy (non-hydrogen) atoms. The highest BCUT2D eigenvalue weighted by molar-refractivity contribution is 5.81. The first-order valence-corrected chi connectivity index (χ1v) is 5.86. The maximum atomic E-state index is 11.8. The highest BCUT2D eigenvalue weighted by atomic mass is 19.4. The molecule has 0 aromatic carbocycles. The largest absolute Gasteiger partial charge is 0.453 e. The minimum atomic E-state index is -4.45. The zero-order chi connectivity index (χ0) is 12.5. The van der Waals surface area contributed by atoms with Gasteiger partial charge in [-0.15, -0.1) is 0 Å². The molecule has 96 valence electrons. The number of esters is 1. The molecule has 2 bridgehead atoms. The number of fused-ring (bicyclic) bond motifs is 2. The van der Waals surface area contributed by atoms with Crippen molar-refractivity contribution >= 4 is 5.97 Å². The van der Waals surface area contributed by atoms with E-state index in [2.05, 4.69) is 4.74 Å². The van der Waals surface area contributed by atoms with Crippen molar-refractivity contribution in [3.63, 3.8) is 0 Å². The van der Waals surface area contributed by atoms with Crippen molar-refractivity contribution in [2.75, 3.05) is 6.61 Å². The average Bonchev–Trinajstić information content (AvgIpc) is 2.84. The third-order valence-corrected chi connectivity index (χ3v) is 3.65. The van der Waals surface area contributed by atoms with Gasteiger partial charge in [0.15, 0.2) is 6.61 Å². The number of ether oxygens (including phenoxy) is 1. The van der Waals surface area contributed by atoms with E-state index in [9.17, 15) is 18.0 Å². The lowest BCUT2D eigenvalue weighted by Crippen LogP contribution is -2.19. The van der Waals surface area contributed by atoms with Crippen LogP contribution < -0.4 is 0 Å². The van der Waals surface area contributed by atoms with Crippen LogP contribution in [-0.2, 0) is 9.53 Å². The Morgan fingerprint density at radius 2 is 2.06 bits per heavy atom. The number of carbonyl (C=O) groups excluding carboxylic acids is 1. The predicted octanol–water partition coefficient (Wildman–Crippen LogP) is 3.08. The lowest BCUT2D eigenvalue weighted by molar-refractivity contribution is -0.182. The first-order chi connectivity index (χ1) is 7.94. The van der Waals surface area contributed by atoms with Gasteiger partial charge in [0.25, 0.3) is 0 Å². The molecule has 0 aliphatic heterocycles. The van der Waals surface area contributed by atoms with Crippen LogP contribution in [0.5, 0.6) is 0 Å². The van der Waals surface area contributed by atoms with Gasteiger partial charge in [0.05, 0.1) is 0 Å². The lowest BCUT2D eigenvalue weighted by Gasteiger charge is -2.17. The van der Waals surface area contributed by atoms with Gasteiger partial charge in [0, 0.05) is 6.08 Å². The van der Waals surface area contributed by atoms with E-state index in [1.54, 1.807) is 6.08 Å². The molecule has 0 aromatic rings. The Balaban J connectivity index is 1.75. The summed E-state index contributed by atoms with van der Waals surface area (Å²) < 4.78 is 39.4. The van der Waals surface area contributed by atoms with E-state index in [0.29, 0.717) is 11.8 Å². The highest BCUT2D eigenvalue weighted by Crippen LogP contribution is 2.48. The fraction of sp³-hybridized carbons (Fsp3) is 0.750. The summed E-state index contributed by atoms with van der Waals surface area (Å²) in [5, 5.41) is 0. The van der Waals surface area contributed by atoms with Gasteiger partial charge < -0.3 is 4.74 Å². The van der Waals surface area contributed by atoms with Gasteiger partial charge in [-0.2, -0.15) is 13.2 Å². The number of halogens is 3. The Hall–Kier alpha value is -1.00. The van der Waals surface area contributed by atoms with E-state index < -0.39 is 18.8 Å². The maximum absolute atomic E-state index is 11.8. The molecule has 2 aliphatic rings. The molecule has 0 radical (unpaired) electrons. The number of hydrogen-bond acceptors (Lipinski definition) is 2. The zero-order valence-electron chi connectivity index (χ0n) is 9.37. The Morgan fingerprint density at radius 3 is 2.59 bits per heavy atom. The van der Waals surface area contributed by atoms with Gasteiger partial charge in [-0.3, -0.25) is 0 Å². The van der Waals surface area contributed by atoms with Gasteiger partial charge in [0.1, 0.15) is 0 Å². The third kappa shape index (κ3) is 3.48. The van der Waals surface area contributed by atoms with E-state index in [1.165, 1.54) is 19.3 Å². The molecule has 0 heterocycles. The summed E-state index contributed by atoms with van der Waals surface area (Å²) in [6.45, 7) is -1.51. The molecule has 3 atom stereocenters. The van der Waals surface area contributed by atoms with Gasteiger partial charge in [-0.1, -0.05) is 12.5 Å². The summed E-state index contributed by atoms with van der Waals surface area (Å²) in [5.74, 6) is 0.824. The predicted molar refractivity (Wildman–Crippen MR) is 55.1 cm³/mol. The average molecular weight is 248 g/mol. The van der Waals surface area contributed by atoms with Gasteiger partial charge in [-0.05, 0) is 37.0 Å². The standard InChI is InChI=1S/C12H15F3O2/c13-12(14,15)7-17-11(16)4-3-10-6-8-1-2-9(10)5-8/h3-4,8-10H,1-2,5-7H2/b4-3+/t8-,9+,10+/m1/s1. The second kappa shape index (κ2) is 4.70. The third-order valence-electron chi connectivity index (χ3n) is 3.65. The molecule has 0 saturated heterocycles. The van der Waals surface area contributed by atoms with Crippen LogP contribution in [0.25, 0.3) is 0 Å². The highest BCUT2D eigenvalue weighted by Gasteiger charge is 2.38. The van der Waals surface area contributed by atoms with E-state index in [4.69, 9.17) is 0 Å². The van der Waals surface area contributed by atoms with Crippen molar-refractivity contribution in [2.45, 2.75) is 31.9 Å². The summed E-state index contributed by atoms with van der Waals surface area (Å²) in [7, 11) is 0. The molecule has 2 saturated carbocycles. The van der Waals surface area contributed by atoms with E-state index in [-0.39, 0.29) is 0 Å². The molecular formula is C12H15F3O2. The summed E-state index contributed by atoms with van der Waals surface area (Å²) in [5.41, 5.74) is 0. The van der Waals surface area contributed by atoms with Crippen LogP contribution in [0.3, 0.4) is 0 Å². The first kappa shape index (κ1) is 12.5. The second-order valence-corrected chi connectivity index (χ2v) is 4.92. The molecule has 5 heteroatoms. The minimum absolute atomic E-state index is 0.354. The SMILES string of the molecule is O=C(/C=C/[C@H]1C[C@@H]2CC[C@H]1C2)OCC(F)(F)F. The van der Waals surface area contributed by atoms with Crippen molar-refractivity contribution in [3.8, 4) is 0 Å². The van der Waals surface area contributed by atoms with Crippen molar-refractivity contribution in [2.24, 2.45) is 17.8 Å². The summed E-state index contributed by atoms with van der Waals surface area (Å²) >= 11 is 0. The Labute approximate surface area is 97.8 Å².